The molecule has 0 aromatic heterocycles. The van der Waals surface area contributed by atoms with Crippen LogP contribution in [0.25, 0.3) is 0 Å². The normalized spacial score (nSPS) is 15.6. The lowest BCUT2D eigenvalue weighted by molar-refractivity contribution is 0.305. The molecule has 0 aliphatic rings. The molecule has 78 valence electrons. The van der Waals surface area contributed by atoms with Gasteiger partial charge in [-0.25, -0.2) is 4.39 Å². The van der Waals surface area contributed by atoms with E-state index in [1.807, 2.05) is 0 Å². The predicted molar refractivity (Wildman–Crippen MR) is 57.4 cm³/mol. The molecule has 0 amide bonds. The Labute approximate surface area is 85.1 Å². The van der Waals surface area contributed by atoms with E-state index in [-0.39, 0.29) is 11.4 Å². The van der Waals surface area contributed by atoms with Gasteiger partial charge in [-0.3, -0.25) is 0 Å². The molecule has 2 N–H and O–H groups in total. The summed E-state index contributed by atoms with van der Waals surface area (Å²) in [6.45, 7) is 6.24. The summed E-state index contributed by atoms with van der Waals surface area (Å²) in [5, 5.41) is 0. The molecule has 0 spiro atoms. The van der Waals surface area contributed by atoms with Gasteiger partial charge in [0.1, 0.15) is 5.82 Å². The van der Waals surface area contributed by atoms with Crippen LogP contribution in [0.15, 0.2) is 24.3 Å². The first-order valence-corrected chi connectivity index (χ1v) is 5.05. The molecule has 0 heterocycles. The lowest BCUT2D eigenvalue weighted by atomic mass is 9.79. The van der Waals surface area contributed by atoms with Crippen LogP contribution in [0.4, 0.5) is 4.39 Å². The first-order valence-electron chi connectivity index (χ1n) is 5.05. The maximum absolute atomic E-state index is 12.7. The van der Waals surface area contributed by atoms with Gasteiger partial charge in [0.25, 0.3) is 0 Å². The quantitative estimate of drug-likeness (QED) is 0.788. The summed E-state index contributed by atoms with van der Waals surface area (Å²) in [5.74, 6) is 0.133. The second-order valence-electron chi connectivity index (χ2n) is 4.06. The maximum atomic E-state index is 12.7. The van der Waals surface area contributed by atoms with Gasteiger partial charge < -0.3 is 5.73 Å². The Hall–Kier alpha value is -0.890. The van der Waals surface area contributed by atoms with Crippen molar-refractivity contribution in [2.45, 2.75) is 32.7 Å². The van der Waals surface area contributed by atoms with Gasteiger partial charge in [-0.05, 0) is 30.0 Å². The molecule has 1 aromatic rings. The van der Waals surface area contributed by atoms with Gasteiger partial charge in [-0.15, -0.1) is 0 Å². The van der Waals surface area contributed by atoms with Crippen LogP contribution < -0.4 is 5.73 Å². The van der Waals surface area contributed by atoms with Crippen LogP contribution in [0.1, 0.15) is 32.8 Å². The number of nitrogens with two attached hydrogens (primary N) is 1. The molecule has 2 heteroatoms. The number of rotatable bonds is 3. The van der Waals surface area contributed by atoms with E-state index >= 15 is 0 Å². The van der Waals surface area contributed by atoms with Gasteiger partial charge in [-0.2, -0.15) is 0 Å². The average Bonchev–Trinajstić information content (AvgIpc) is 2.17. The van der Waals surface area contributed by atoms with Crippen LogP contribution in [0.3, 0.4) is 0 Å². The molecular weight excluding hydrogens is 177 g/mol. The minimum Gasteiger partial charge on any atom is -0.321 e. The standard InChI is InChI=1S/C12H18FN/c1-4-12(14,9(2)3)10-5-7-11(13)8-6-10/h5-9H,4,14H2,1-3H3/t12-/m1/s1. The average molecular weight is 195 g/mol. The molecule has 0 saturated heterocycles. The van der Waals surface area contributed by atoms with Crippen LogP contribution in [0, 0.1) is 11.7 Å². The zero-order chi connectivity index (χ0) is 10.8. The fourth-order valence-electron chi connectivity index (χ4n) is 1.71. The predicted octanol–water partition coefficient (Wildman–Crippen LogP) is 3.05. The number of benzene rings is 1. The van der Waals surface area contributed by atoms with Gasteiger partial charge in [0.05, 0.1) is 0 Å². The summed E-state index contributed by atoms with van der Waals surface area (Å²) in [4.78, 5) is 0. The van der Waals surface area contributed by atoms with Crippen molar-refractivity contribution in [3.05, 3.63) is 35.6 Å². The lowest BCUT2D eigenvalue weighted by Gasteiger charge is -2.33. The van der Waals surface area contributed by atoms with Crippen molar-refractivity contribution >= 4 is 0 Å². The molecule has 14 heavy (non-hydrogen) atoms. The SMILES string of the molecule is CC[C@](N)(c1ccc(F)cc1)C(C)C. The van der Waals surface area contributed by atoms with E-state index in [2.05, 4.69) is 20.8 Å². The Bertz CT molecular complexity index is 292. The van der Waals surface area contributed by atoms with Gasteiger partial charge in [0.15, 0.2) is 0 Å². The van der Waals surface area contributed by atoms with Crippen LogP contribution >= 0.6 is 0 Å². The van der Waals surface area contributed by atoms with E-state index in [0.717, 1.165) is 12.0 Å². The maximum Gasteiger partial charge on any atom is 0.123 e. The minimum atomic E-state index is -0.340. The van der Waals surface area contributed by atoms with Crippen molar-refractivity contribution in [2.75, 3.05) is 0 Å². The summed E-state index contributed by atoms with van der Waals surface area (Å²) >= 11 is 0. The second kappa shape index (κ2) is 4.09. The lowest BCUT2D eigenvalue weighted by Crippen LogP contribution is -2.41. The highest BCUT2D eigenvalue weighted by molar-refractivity contribution is 5.25. The third kappa shape index (κ3) is 1.95. The summed E-state index contributed by atoms with van der Waals surface area (Å²) in [7, 11) is 0. The monoisotopic (exact) mass is 195 g/mol. The zero-order valence-electron chi connectivity index (χ0n) is 9.05. The molecule has 0 aliphatic heterocycles. The highest BCUT2D eigenvalue weighted by atomic mass is 19.1. The molecule has 1 atom stereocenters. The van der Waals surface area contributed by atoms with Gasteiger partial charge >= 0.3 is 0 Å². The van der Waals surface area contributed by atoms with Gasteiger partial charge in [-0.1, -0.05) is 32.9 Å². The van der Waals surface area contributed by atoms with Crippen molar-refractivity contribution in [3.8, 4) is 0 Å². The van der Waals surface area contributed by atoms with E-state index in [0.29, 0.717) is 5.92 Å². The molecular formula is C12H18FN. The van der Waals surface area contributed by atoms with E-state index in [4.69, 9.17) is 5.73 Å². The smallest absolute Gasteiger partial charge is 0.123 e. The summed E-state index contributed by atoms with van der Waals surface area (Å²) in [6, 6.07) is 6.49. The van der Waals surface area contributed by atoms with Crippen LogP contribution in [-0.2, 0) is 5.54 Å². The van der Waals surface area contributed by atoms with Gasteiger partial charge in [0.2, 0.25) is 0 Å². The minimum absolute atomic E-state index is 0.212. The summed E-state index contributed by atoms with van der Waals surface area (Å²) < 4.78 is 12.7. The Balaban J connectivity index is 3.06. The van der Waals surface area contributed by atoms with E-state index < -0.39 is 0 Å². The molecule has 0 fully saturated rings. The van der Waals surface area contributed by atoms with Gasteiger partial charge in [0, 0.05) is 5.54 Å². The third-order valence-corrected chi connectivity index (χ3v) is 3.00. The first kappa shape index (κ1) is 11.2. The molecule has 0 bridgehead atoms. The van der Waals surface area contributed by atoms with Crippen molar-refractivity contribution in [1.29, 1.82) is 0 Å². The Morgan fingerprint density at radius 2 is 1.79 bits per heavy atom. The van der Waals surface area contributed by atoms with E-state index in [1.54, 1.807) is 12.1 Å². The highest BCUT2D eigenvalue weighted by Crippen LogP contribution is 2.29. The molecule has 1 rings (SSSR count). The Kier molecular flexibility index (Phi) is 3.27. The van der Waals surface area contributed by atoms with Crippen LogP contribution in [-0.4, -0.2) is 0 Å². The Morgan fingerprint density at radius 1 is 1.29 bits per heavy atom. The molecule has 0 unspecified atom stereocenters. The summed E-state index contributed by atoms with van der Waals surface area (Å²) in [5.41, 5.74) is 6.96. The van der Waals surface area contributed by atoms with E-state index in [1.165, 1.54) is 12.1 Å². The number of hydrogen-bond donors (Lipinski definition) is 1. The van der Waals surface area contributed by atoms with Crippen molar-refractivity contribution < 1.29 is 4.39 Å². The molecule has 0 aliphatic carbocycles. The number of hydrogen-bond acceptors (Lipinski definition) is 1. The molecule has 1 aromatic carbocycles. The third-order valence-electron chi connectivity index (χ3n) is 3.00. The fourth-order valence-corrected chi connectivity index (χ4v) is 1.71. The zero-order valence-corrected chi connectivity index (χ0v) is 9.05. The molecule has 1 nitrogen and oxygen atoms in total. The van der Waals surface area contributed by atoms with Crippen molar-refractivity contribution in [1.82, 2.24) is 0 Å². The first-order chi connectivity index (χ1) is 6.50. The van der Waals surface area contributed by atoms with Crippen LogP contribution in [0.2, 0.25) is 0 Å². The van der Waals surface area contributed by atoms with E-state index in [9.17, 15) is 4.39 Å². The fraction of sp³-hybridized carbons (Fsp3) is 0.500. The van der Waals surface area contributed by atoms with Crippen molar-refractivity contribution in [3.63, 3.8) is 0 Å². The summed E-state index contributed by atoms with van der Waals surface area (Å²) in [6.07, 6.45) is 0.857. The largest absolute Gasteiger partial charge is 0.321 e. The second-order valence-corrected chi connectivity index (χ2v) is 4.06. The molecule has 0 radical (unpaired) electrons. The van der Waals surface area contributed by atoms with Crippen LogP contribution in [0.5, 0.6) is 0 Å². The molecule has 0 saturated carbocycles. The topological polar surface area (TPSA) is 26.0 Å². The number of halogens is 1. The Morgan fingerprint density at radius 3 is 2.14 bits per heavy atom. The highest BCUT2D eigenvalue weighted by Gasteiger charge is 2.28. The van der Waals surface area contributed by atoms with Crippen molar-refractivity contribution in [2.24, 2.45) is 11.7 Å².